The molecular formula is C17H25N. The average Bonchev–Trinajstić information content (AvgIpc) is 2.47. The summed E-state index contributed by atoms with van der Waals surface area (Å²) in [6, 6.07) is 9.07. The molecule has 0 radical (unpaired) electrons. The highest BCUT2D eigenvalue weighted by Gasteiger charge is 2.42. The van der Waals surface area contributed by atoms with E-state index in [1.54, 1.807) is 11.1 Å². The molecule has 1 atom stereocenters. The van der Waals surface area contributed by atoms with Gasteiger partial charge in [0.15, 0.2) is 0 Å². The molecule has 2 aliphatic carbocycles. The molecule has 2 aliphatic rings. The Hall–Kier alpha value is -0.820. The summed E-state index contributed by atoms with van der Waals surface area (Å²) in [4.78, 5) is 0. The first-order valence-corrected chi connectivity index (χ1v) is 7.65. The standard InChI is InChI=1S/C17H25N/c18-13-17(15-9-2-1-3-10-15)12-6-8-14-7-4-5-11-16(14)17/h4-5,7,11,15H,1-3,6,8-10,12-13,18H2. The average molecular weight is 243 g/mol. The summed E-state index contributed by atoms with van der Waals surface area (Å²) in [5.74, 6) is 0.831. The SMILES string of the molecule is NCC1(C2CCCCC2)CCCc2ccccc21. The minimum absolute atomic E-state index is 0.301. The second-order valence-electron chi connectivity index (χ2n) is 6.21. The van der Waals surface area contributed by atoms with E-state index in [4.69, 9.17) is 5.73 Å². The number of aryl methyl sites for hydroxylation is 1. The Morgan fingerprint density at radius 2 is 1.83 bits per heavy atom. The van der Waals surface area contributed by atoms with Crippen LogP contribution >= 0.6 is 0 Å². The minimum atomic E-state index is 0.301. The number of fused-ring (bicyclic) bond motifs is 1. The van der Waals surface area contributed by atoms with Gasteiger partial charge in [-0.2, -0.15) is 0 Å². The molecule has 1 unspecified atom stereocenters. The molecule has 1 nitrogen and oxygen atoms in total. The van der Waals surface area contributed by atoms with E-state index in [1.165, 1.54) is 51.4 Å². The van der Waals surface area contributed by atoms with Crippen LogP contribution in [0.2, 0.25) is 0 Å². The lowest BCUT2D eigenvalue weighted by Gasteiger charge is -2.46. The van der Waals surface area contributed by atoms with Crippen molar-refractivity contribution in [3.8, 4) is 0 Å². The van der Waals surface area contributed by atoms with Gasteiger partial charge in [0.1, 0.15) is 0 Å². The zero-order valence-corrected chi connectivity index (χ0v) is 11.3. The van der Waals surface area contributed by atoms with Gasteiger partial charge in [0.05, 0.1) is 0 Å². The Morgan fingerprint density at radius 3 is 2.61 bits per heavy atom. The van der Waals surface area contributed by atoms with Gasteiger partial charge in [-0.15, -0.1) is 0 Å². The topological polar surface area (TPSA) is 26.0 Å². The molecule has 0 aliphatic heterocycles. The molecule has 0 bridgehead atoms. The number of hydrogen-bond acceptors (Lipinski definition) is 1. The lowest BCUT2D eigenvalue weighted by atomic mass is 9.59. The van der Waals surface area contributed by atoms with Gasteiger partial charge < -0.3 is 5.73 Å². The van der Waals surface area contributed by atoms with Crippen molar-refractivity contribution in [3.05, 3.63) is 35.4 Å². The van der Waals surface area contributed by atoms with Crippen molar-refractivity contribution < 1.29 is 0 Å². The van der Waals surface area contributed by atoms with Crippen LogP contribution in [0.1, 0.15) is 56.1 Å². The van der Waals surface area contributed by atoms with E-state index < -0.39 is 0 Å². The van der Waals surface area contributed by atoms with Gasteiger partial charge in [0, 0.05) is 12.0 Å². The van der Waals surface area contributed by atoms with Crippen molar-refractivity contribution in [1.82, 2.24) is 0 Å². The van der Waals surface area contributed by atoms with Crippen molar-refractivity contribution in [1.29, 1.82) is 0 Å². The van der Waals surface area contributed by atoms with Gasteiger partial charge in [-0.3, -0.25) is 0 Å². The number of benzene rings is 1. The van der Waals surface area contributed by atoms with Crippen molar-refractivity contribution >= 4 is 0 Å². The Morgan fingerprint density at radius 1 is 1.06 bits per heavy atom. The first kappa shape index (κ1) is 12.2. The van der Waals surface area contributed by atoms with Crippen LogP contribution in [0, 0.1) is 5.92 Å². The zero-order chi connectivity index (χ0) is 12.4. The van der Waals surface area contributed by atoms with Crippen molar-refractivity contribution in [2.45, 2.75) is 56.8 Å². The smallest absolute Gasteiger partial charge is 0.0107 e. The quantitative estimate of drug-likeness (QED) is 0.840. The van der Waals surface area contributed by atoms with Gasteiger partial charge in [0.25, 0.3) is 0 Å². The predicted molar refractivity (Wildman–Crippen MR) is 76.7 cm³/mol. The highest BCUT2D eigenvalue weighted by molar-refractivity contribution is 5.38. The second kappa shape index (κ2) is 5.05. The van der Waals surface area contributed by atoms with Crippen molar-refractivity contribution in [2.75, 3.05) is 6.54 Å². The molecule has 1 aromatic rings. The van der Waals surface area contributed by atoms with E-state index in [2.05, 4.69) is 24.3 Å². The monoisotopic (exact) mass is 243 g/mol. The van der Waals surface area contributed by atoms with Crippen LogP contribution < -0.4 is 5.73 Å². The number of hydrogen-bond donors (Lipinski definition) is 1. The summed E-state index contributed by atoms with van der Waals surface area (Å²) in [7, 11) is 0. The molecule has 0 aromatic heterocycles. The summed E-state index contributed by atoms with van der Waals surface area (Å²) >= 11 is 0. The highest BCUT2D eigenvalue weighted by atomic mass is 14.6. The minimum Gasteiger partial charge on any atom is -0.330 e. The third-order valence-electron chi connectivity index (χ3n) is 5.37. The van der Waals surface area contributed by atoms with Gasteiger partial charge in [-0.05, 0) is 49.1 Å². The summed E-state index contributed by atoms with van der Waals surface area (Å²) in [6.07, 6.45) is 10.9. The molecule has 0 spiro atoms. The fourth-order valence-electron chi connectivity index (χ4n) is 4.41. The van der Waals surface area contributed by atoms with Crippen LogP contribution in [0.3, 0.4) is 0 Å². The Labute approximate surface area is 111 Å². The maximum absolute atomic E-state index is 6.28. The summed E-state index contributed by atoms with van der Waals surface area (Å²) in [5, 5.41) is 0. The third kappa shape index (κ3) is 1.89. The molecule has 1 fully saturated rings. The molecule has 1 heteroatoms. The van der Waals surface area contributed by atoms with Crippen LogP contribution in [0.4, 0.5) is 0 Å². The summed E-state index contributed by atoms with van der Waals surface area (Å²) < 4.78 is 0. The van der Waals surface area contributed by atoms with Crippen LogP contribution in [0.5, 0.6) is 0 Å². The molecule has 3 rings (SSSR count). The summed E-state index contributed by atoms with van der Waals surface area (Å²) in [6.45, 7) is 0.842. The van der Waals surface area contributed by atoms with Crippen molar-refractivity contribution in [2.24, 2.45) is 11.7 Å². The molecule has 1 aromatic carbocycles. The lowest BCUT2D eigenvalue weighted by Crippen LogP contribution is -2.45. The van der Waals surface area contributed by atoms with Crippen LogP contribution in [-0.4, -0.2) is 6.54 Å². The van der Waals surface area contributed by atoms with Crippen LogP contribution in [0.15, 0.2) is 24.3 Å². The van der Waals surface area contributed by atoms with E-state index >= 15 is 0 Å². The summed E-state index contributed by atoms with van der Waals surface area (Å²) in [5.41, 5.74) is 9.74. The molecule has 2 N–H and O–H groups in total. The van der Waals surface area contributed by atoms with E-state index in [9.17, 15) is 0 Å². The van der Waals surface area contributed by atoms with E-state index in [-0.39, 0.29) is 0 Å². The lowest BCUT2D eigenvalue weighted by molar-refractivity contribution is 0.182. The second-order valence-corrected chi connectivity index (χ2v) is 6.21. The Bertz CT molecular complexity index is 406. The van der Waals surface area contributed by atoms with Crippen LogP contribution in [-0.2, 0) is 11.8 Å². The molecule has 0 heterocycles. The van der Waals surface area contributed by atoms with Crippen LogP contribution in [0.25, 0.3) is 0 Å². The van der Waals surface area contributed by atoms with Gasteiger partial charge in [-0.25, -0.2) is 0 Å². The molecule has 98 valence electrons. The molecule has 0 amide bonds. The van der Waals surface area contributed by atoms with Gasteiger partial charge in [0.2, 0.25) is 0 Å². The molecule has 1 saturated carbocycles. The predicted octanol–water partition coefficient (Wildman–Crippen LogP) is 3.80. The Balaban J connectivity index is 2.01. The molecule has 0 saturated heterocycles. The van der Waals surface area contributed by atoms with E-state index in [0.717, 1.165) is 12.5 Å². The molecule has 18 heavy (non-hydrogen) atoms. The highest BCUT2D eigenvalue weighted by Crippen LogP contribution is 2.47. The fourth-order valence-corrected chi connectivity index (χ4v) is 4.41. The number of nitrogens with two attached hydrogens (primary N) is 1. The van der Waals surface area contributed by atoms with Crippen molar-refractivity contribution in [3.63, 3.8) is 0 Å². The number of rotatable bonds is 2. The Kier molecular flexibility index (Phi) is 3.43. The largest absolute Gasteiger partial charge is 0.330 e. The normalized spacial score (nSPS) is 28.9. The molecular weight excluding hydrogens is 218 g/mol. The van der Waals surface area contributed by atoms with E-state index in [1.807, 2.05) is 0 Å². The fraction of sp³-hybridized carbons (Fsp3) is 0.647. The van der Waals surface area contributed by atoms with Gasteiger partial charge >= 0.3 is 0 Å². The third-order valence-corrected chi connectivity index (χ3v) is 5.37. The maximum Gasteiger partial charge on any atom is 0.0107 e. The maximum atomic E-state index is 6.28. The van der Waals surface area contributed by atoms with Gasteiger partial charge in [-0.1, -0.05) is 43.5 Å². The first-order valence-electron chi connectivity index (χ1n) is 7.65. The zero-order valence-electron chi connectivity index (χ0n) is 11.3. The van der Waals surface area contributed by atoms with E-state index in [0.29, 0.717) is 5.41 Å². The first-order chi connectivity index (χ1) is 8.87.